The lowest BCUT2D eigenvalue weighted by Gasteiger charge is -2.24. The molecule has 0 bridgehead atoms. The van der Waals surface area contributed by atoms with Crippen molar-refractivity contribution in [3.63, 3.8) is 0 Å². The smallest absolute Gasteiger partial charge is 0.216 e. The minimum atomic E-state index is -3.34. The molecule has 0 aliphatic heterocycles. The fraction of sp³-hybridized carbons (Fsp3) is 0.429. The van der Waals surface area contributed by atoms with Crippen molar-refractivity contribution in [2.45, 2.75) is 13.0 Å². The summed E-state index contributed by atoms with van der Waals surface area (Å²) in [5.74, 6) is -0.0264. The van der Waals surface area contributed by atoms with Gasteiger partial charge in [0.2, 0.25) is 10.0 Å². The number of nitrogens with zero attached hydrogens (tertiary/aromatic N) is 4. The molecule has 0 spiro atoms. The average molecular weight is 324 g/mol. The second-order valence-electron chi connectivity index (χ2n) is 4.93. The van der Waals surface area contributed by atoms with E-state index in [1.807, 2.05) is 31.2 Å². The van der Waals surface area contributed by atoms with Gasteiger partial charge in [-0.15, -0.1) is 0 Å². The molecule has 0 fully saturated rings. The third-order valence-corrected chi connectivity index (χ3v) is 5.46. The molecule has 2 aromatic rings. The molecular formula is C14H20N4O3S. The van der Waals surface area contributed by atoms with E-state index in [-0.39, 0.29) is 18.4 Å². The lowest BCUT2D eigenvalue weighted by atomic mass is 10.1. The molecule has 0 saturated carbocycles. The van der Waals surface area contributed by atoms with Crippen LogP contribution in [0.25, 0.3) is 5.69 Å². The van der Waals surface area contributed by atoms with Crippen LogP contribution in [0.5, 0.6) is 0 Å². The number of sulfonamides is 1. The summed E-state index contributed by atoms with van der Waals surface area (Å²) in [7, 11) is -0.270. The van der Waals surface area contributed by atoms with Crippen molar-refractivity contribution in [3.05, 3.63) is 42.5 Å². The zero-order valence-corrected chi connectivity index (χ0v) is 13.7. The summed E-state index contributed by atoms with van der Waals surface area (Å²) in [6, 6.07) is 7.30. The summed E-state index contributed by atoms with van der Waals surface area (Å²) in [5.41, 5.74) is 1.78. The minimum absolute atomic E-state index is 0.0264. The molecule has 0 amide bonds. The van der Waals surface area contributed by atoms with Gasteiger partial charge in [0, 0.05) is 20.2 Å². The maximum Gasteiger partial charge on any atom is 0.216 e. The van der Waals surface area contributed by atoms with Crippen LogP contribution in [0.1, 0.15) is 18.5 Å². The molecule has 1 aromatic heterocycles. The molecule has 22 heavy (non-hydrogen) atoms. The summed E-state index contributed by atoms with van der Waals surface area (Å²) in [6.45, 7) is 2.04. The summed E-state index contributed by atoms with van der Waals surface area (Å²) >= 11 is 0. The fourth-order valence-electron chi connectivity index (χ4n) is 2.03. The minimum Gasteiger partial charge on any atom is -0.384 e. The second-order valence-corrected chi connectivity index (χ2v) is 7.08. The third kappa shape index (κ3) is 3.70. The third-order valence-electron chi connectivity index (χ3n) is 3.59. The van der Waals surface area contributed by atoms with Crippen LogP contribution in [0.3, 0.4) is 0 Å². The number of rotatable bonds is 7. The first-order valence-electron chi connectivity index (χ1n) is 6.85. The molecule has 0 aliphatic carbocycles. The summed E-state index contributed by atoms with van der Waals surface area (Å²) in [5, 5.41) is 4.05. The van der Waals surface area contributed by atoms with Gasteiger partial charge in [-0.3, -0.25) is 0 Å². The number of hydrogen-bond donors (Lipinski definition) is 0. The molecule has 2 rings (SSSR count). The van der Waals surface area contributed by atoms with Crippen molar-refractivity contribution in [2.75, 3.05) is 26.5 Å². The van der Waals surface area contributed by atoms with Gasteiger partial charge in [0.1, 0.15) is 12.7 Å². The molecule has 8 heteroatoms. The number of benzene rings is 1. The van der Waals surface area contributed by atoms with Crippen LogP contribution in [-0.4, -0.2) is 54.0 Å². The Kier molecular flexibility index (Phi) is 5.28. The quantitative estimate of drug-likeness (QED) is 0.766. The van der Waals surface area contributed by atoms with Gasteiger partial charge in [0.05, 0.1) is 18.0 Å². The highest BCUT2D eigenvalue weighted by Gasteiger charge is 2.24. The van der Waals surface area contributed by atoms with Gasteiger partial charge >= 0.3 is 0 Å². The van der Waals surface area contributed by atoms with Crippen molar-refractivity contribution in [1.29, 1.82) is 0 Å². The van der Waals surface area contributed by atoms with E-state index in [0.29, 0.717) is 0 Å². The molecule has 1 heterocycles. The van der Waals surface area contributed by atoms with Crippen molar-refractivity contribution >= 4 is 10.0 Å². The first-order valence-corrected chi connectivity index (χ1v) is 8.46. The molecule has 120 valence electrons. The lowest BCUT2D eigenvalue weighted by Crippen LogP contribution is -2.33. The second kappa shape index (κ2) is 6.99. The molecule has 0 aliphatic rings. The molecule has 0 saturated heterocycles. The van der Waals surface area contributed by atoms with Crippen molar-refractivity contribution in [2.24, 2.45) is 0 Å². The molecule has 0 unspecified atom stereocenters. The molecule has 0 N–H and O–H groups in total. The molecule has 0 radical (unpaired) electrons. The Bertz CT molecular complexity index is 683. The first kappa shape index (κ1) is 16.6. The molecule has 1 atom stereocenters. The fourth-order valence-corrected chi connectivity index (χ4v) is 3.30. The Hall–Kier alpha value is -1.77. The van der Waals surface area contributed by atoms with Crippen LogP contribution in [0.2, 0.25) is 0 Å². The van der Waals surface area contributed by atoms with E-state index in [1.54, 1.807) is 18.1 Å². The van der Waals surface area contributed by atoms with E-state index in [4.69, 9.17) is 4.74 Å². The van der Waals surface area contributed by atoms with E-state index in [1.165, 1.54) is 17.7 Å². The number of aromatic nitrogens is 3. The van der Waals surface area contributed by atoms with Crippen LogP contribution < -0.4 is 0 Å². The average Bonchev–Trinajstić information content (AvgIpc) is 3.06. The summed E-state index contributed by atoms with van der Waals surface area (Å²) in [6.07, 6.45) is 3.08. The van der Waals surface area contributed by atoms with Crippen LogP contribution in [0.4, 0.5) is 0 Å². The van der Waals surface area contributed by atoms with Gasteiger partial charge in [0.15, 0.2) is 0 Å². The molecule has 1 aromatic carbocycles. The molecular weight excluding hydrogens is 304 g/mol. The maximum absolute atomic E-state index is 12.2. The molecule has 7 nitrogen and oxygen atoms in total. The van der Waals surface area contributed by atoms with Crippen molar-refractivity contribution in [1.82, 2.24) is 19.1 Å². The van der Waals surface area contributed by atoms with Gasteiger partial charge in [-0.2, -0.15) is 9.40 Å². The van der Waals surface area contributed by atoms with E-state index >= 15 is 0 Å². The Morgan fingerprint density at radius 1 is 1.32 bits per heavy atom. The van der Waals surface area contributed by atoms with E-state index in [0.717, 1.165) is 11.3 Å². The van der Waals surface area contributed by atoms with E-state index < -0.39 is 10.0 Å². The Morgan fingerprint density at radius 2 is 2.00 bits per heavy atom. The van der Waals surface area contributed by atoms with Gasteiger partial charge in [0.25, 0.3) is 0 Å². The van der Waals surface area contributed by atoms with Gasteiger partial charge < -0.3 is 4.74 Å². The zero-order valence-electron chi connectivity index (χ0n) is 12.9. The largest absolute Gasteiger partial charge is 0.384 e. The number of ether oxygens (including phenoxy) is 1. The normalized spacial score (nSPS) is 13.5. The SMILES string of the molecule is COCCS(=O)(=O)N(C)[C@@H](C)c1ccc(-n2cncn2)cc1. The van der Waals surface area contributed by atoms with Crippen molar-refractivity contribution < 1.29 is 13.2 Å². The topological polar surface area (TPSA) is 77.3 Å². The predicted octanol–water partition coefficient (Wildman–Crippen LogP) is 1.24. The summed E-state index contributed by atoms with van der Waals surface area (Å²) < 4.78 is 32.2. The maximum atomic E-state index is 12.2. The monoisotopic (exact) mass is 324 g/mol. The Balaban J connectivity index is 2.14. The Labute approximate surface area is 130 Å². The highest BCUT2D eigenvalue weighted by atomic mass is 32.2. The van der Waals surface area contributed by atoms with Crippen LogP contribution in [0, 0.1) is 0 Å². The number of hydrogen-bond acceptors (Lipinski definition) is 5. The highest BCUT2D eigenvalue weighted by molar-refractivity contribution is 7.89. The Morgan fingerprint density at radius 3 is 2.55 bits per heavy atom. The first-order chi connectivity index (χ1) is 10.5. The van der Waals surface area contributed by atoms with Gasteiger partial charge in [-0.1, -0.05) is 12.1 Å². The zero-order chi connectivity index (χ0) is 16.2. The highest BCUT2D eigenvalue weighted by Crippen LogP contribution is 2.22. The van der Waals surface area contributed by atoms with Crippen LogP contribution in [-0.2, 0) is 14.8 Å². The van der Waals surface area contributed by atoms with Gasteiger partial charge in [-0.25, -0.2) is 18.1 Å². The van der Waals surface area contributed by atoms with Crippen LogP contribution in [0.15, 0.2) is 36.9 Å². The lowest BCUT2D eigenvalue weighted by molar-refractivity contribution is 0.215. The van der Waals surface area contributed by atoms with Gasteiger partial charge in [-0.05, 0) is 24.6 Å². The summed E-state index contributed by atoms with van der Waals surface area (Å²) in [4.78, 5) is 3.90. The van der Waals surface area contributed by atoms with Crippen LogP contribution >= 0.6 is 0 Å². The number of methoxy groups -OCH3 is 1. The van der Waals surface area contributed by atoms with Crippen molar-refractivity contribution in [3.8, 4) is 5.69 Å². The van der Waals surface area contributed by atoms with E-state index in [2.05, 4.69) is 10.1 Å². The van der Waals surface area contributed by atoms with E-state index in [9.17, 15) is 8.42 Å². The standard InChI is InChI=1S/C14H20N4O3S/c1-12(17(2)22(19,20)9-8-21-3)13-4-6-14(7-5-13)18-11-15-10-16-18/h4-7,10-12H,8-9H2,1-3H3/t12-/m0/s1. The predicted molar refractivity (Wildman–Crippen MR) is 83.2 cm³/mol.